The molecule has 0 saturated carbocycles. The third kappa shape index (κ3) is 5.09. The Hall–Kier alpha value is -2.34. The lowest BCUT2D eigenvalue weighted by molar-refractivity contribution is 0.0654. The van der Waals surface area contributed by atoms with Crippen molar-refractivity contribution in [3.05, 3.63) is 47.7 Å². The maximum Gasteiger partial charge on any atom is 0.320 e. The van der Waals surface area contributed by atoms with Gasteiger partial charge in [0.05, 0.1) is 18.3 Å². The summed E-state index contributed by atoms with van der Waals surface area (Å²) in [7, 11) is 0. The number of aromatic nitrogens is 2. The van der Waals surface area contributed by atoms with Crippen LogP contribution in [0, 0.1) is 12.3 Å². The molecule has 1 atom stereocenters. The van der Waals surface area contributed by atoms with Crippen LogP contribution in [0.15, 0.2) is 36.4 Å². The monoisotopic (exact) mass is 330 g/mol. The number of hydrogen-bond donors (Lipinski definition) is 3. The van der Waals surface area contributed by atoms with Gasteiger partial charge in [-0.25, -0.2) is 9.48 Å². The smallest absolute Gasteiger partial charge is 0.320 e. The van der Waals surface area contributed by atoms with Crippen molar-refractivity contribution in [2.45, 2.75) is 40.3 Å². The number of anilines is 1. The molecule has 1 unspecified atom stereocenters. The summed E-state index contributed by atoms with van der Waals surface area (Å²) in [6.07, 6.45) is -0.612. The number of nitrogens with zero attached hydrogens (tertiary/aromatic N) is 2. The number of urea groups is 1. The van der Waals surface area contributed by atoms with Crippen molar-refractivity contribution in [1.82, 2.24) is 15.1 Å². The van der Waals surface area contributed by atoms with E-state index in [9.17, 15) is 9.90 Å². The lowest BCUT2D eigenvalue weighted by Crippen LogP contribution is -2.41. The molecule has 2 aromatic rings. The minimum atomic E-state index is -0.612. The van der Waals surface area contributed by atoms with Gasteiger partial charge in [0.1, 0.15) is 5.82 Å². The molecule has 2 rings (SSSR count). The van der Waals surface area contributed by atoms with E-state index in [1.165, 1.54) is 0 Å². The molecular weight excluding hydrogens is 304 g/mol. The normalized spacial score (nSPS) is 12.7. The van der Waals surface area contributed by atoms with Gasteiger partial charge in [-0.15, -0.1) is 0 Å². The van der Waals surface area contributed by atoms with Crippen molar-refractivity contribution < 1.29 is 9.90 Å². The highest BCUT2D eigenvalue weighted by Gasteiger charge is 2.22. The zero-order valence-corrected chi connectivity index (χ0v) is 14.7. The minimum absolute atomic E-state index is 0.196. The lowest BCUT2D eigenvalue weighted by Gasteiger charge is -2.25. The molecule has 1 aromatic carbocycles. The lowest BCUT2D eigenvalue weighted by atomic mass is 9.89. The van der Waals surface area contributed by atoms with E-state index in [1.807, 2.05) is 64.1 Å². The zero-order chi connectivity index (χ0) is 17.7. The average molecular weight is 330 g/mol. The molecule has 1 heterocycles. The molecule has 0 aliphatic rings. The summed E-state index contributed by atoms with van der Waals surface area (Å²) >= 11 is 0. The second-order valence-corrected chi connectivity index (χ2v) is 7.03. The van der Waals surface area contributed by atoms with E-state index in [0.717, 1.165) is 11.3 Å². The third-order valence-corrected chi connectivity index (χ3v) is 3.77. The average Bonchev–Trinajstić information content (AvgIpc) is 2.84. The summed E-state index contributed by atoms with van der Waals surface area (Å²) in [5, 5.41) is 19.9. The maximum atomic E-state index is 12.1. The molecule has 0 saturated heterocycles. The summed E-state index contributed by atoms with van der Waals surface area (Å²) < 4.78 is 1.75. The summed E-state index contributed by atoms with van der Waals surface area (Å²) in [5.41, 5.74) is 1.65. The van der Waals surface area contributed by atoms with Gasteiger partial charge in [0.2, 0.25) is 0 Å². The number of rotatable bonds is 5. The number of aliphatic hydroxyl groups excluding tert-OH is 1. The van der Waals surface area contributed by atoms with Gasteiger partial charge in [-0.3, -0.25) is 5.32 Å². The molecule has 3 N–H and O–H groups in total. The van der Waals surface area contributed by atoms with Crippen molar-refractivity contribution >= 4 is 11.8 Å². The fourth-order valence-electron chi connectivity index (χ4n) is 2.18. The number of aryl methyl sites for hydroxylation is 1. The van der Waals surface area contributed by atoms with E-state index in [-0.39, 0.29) is 18.0 Å². The van der Waals surface area contributed by atoms with E-state index in [1.54, 1.807) is 4.68 Å². The highest BCUT2D eigenvalue weighted by molar-refractivity contribution is 5.88. The van der Waals surface area contributed by atoms with Crippen LogP contribution in [-0.4, -0.2) is 33.6 Å². The number of hydrogen-bond acceptors (Lipinski definition) is 3. The molecule has 0 spiro atoms. The van der Waals surface area contributed by atoms with Gasteiger partial charge < -0.3 is 10.4 Å². The number of carbonyl (C=O) groups excluding carboxylic acids is 1. The van der Waals surface area contributed by atoms with Gasteiger partial charge in [0, 0.05) is 12.6 Å². The molecule has 0 aliphatic carbocycles. The van der Waals surface area contributed by atoms with Crippen LogP contribution in [0.4, 0.5) is 10.6 Å². The zero-order valence-electron chi connectivity index (χ0n) is 14.7. The summed E-state index contributed by atoms with van der Waals surface area (Å²) in [5.74, 6) is 0.624. The Bertz CT molecular complexity index is 674. The molecule has 24 heavy (non-hydrogen) atoms. The second-order valence-electron chi connectivity index (χ2n) is 7.03. The number of benzene rings is 1. The topological polar surface area (TPSA) is 79.2 Å². The van der Waals surface area contributed by atoms with Crippen molar-refractivity contribution in [3.8, 4) is 0 Å². The largest absolute Gasteiger partial charge is 0.391 e. The third-order valence-electron chi connectivity index (χ3n) is 3.77. The fraction of sp³-hybridized carbons (Fsp3) is 0.444. The van der Waals surface area contributed by atoms with Crippen LogP contribution in [0.1, 0.15) is 32.0 Å². The molecule has 6 nitrogen and oxygen atoms in total. The van der Waals surface area contributed by atoms with Crippen molar-refractivity contribution in [3.63, 3.8) is 0 Å². The summed E-state index contributed by atoms with van der Waals surface area (Å²) in [4.78, 5) is 12.1. The predicted octanol–water partition coefficient (Wildman–Crippen LogP) is 2.77. The van der Waals surface area contributed by atoms with Crippen LogP contribution in [0.3, 0.4) is 0 Å². The highest BCUT2D eigenvalue weighted by Crippen LogP contribution is 2.18. The van der Waals surface area contributed by atoms with E-state index in [0.29, 0.717) is 12.4 Å². The van der Waals surface area contributed by atoms with Gasteiger partial charge in [-0.05, 0) is 17.9 Å². The first kappa shape index (κ1) is 18.0. The van der Waals surface area contributed by atoms with E-state index >= 15 is 0 Å². The molecule has 0 bridgehead atoms. The van der Waals surface area contributed by atoms with Crippen LogP contribution >= 0.6 is 0 Å². The first-order chi connectivity index (χ1) is 11.3. The van der Waals surface area contributed by atoms with Crippen molar-refractivity contribution in [2.75, 3.05) is 11.9 Å². The van der Waals surface area contributed by atoms with Crippen molar-refractivity contribution in [2.24, 2.45) is 5.41 Å². The molecule has 130 valence electrons. The Labute approximate surface area is 142 Å². The summed E-state index contributed by atoms with van der Waals surface area (Å²) in [6.45, 7) is 8.44. The Balaban J connectivity index is 1.98. The predicted molar refractivity (Wildman–Crippen MR) is 95.0 cm³/mol. The van der Waals surface area contributed by atoms with E-state index in [2.05, 4.69) is 15.7 Å². The molecule has 0 aliphatic heterocycles. The number of aliphatic hydroxyl groups is 1. The van der Waals surface area contributed by atoms with Gasteiger partial charge in [0.25, 0.3) is 0 Å². The Kier molecular flexibility index (Phi) is 5.62. The standard InChI is InChI=1S/C18H26N4O2/c1-13-10-16(20-17(24)19-11-15(23)18(2,3)4)22(21-13)12-14-8-6-5-7-9-14/h5-10,15,23H,11-12H2,1-4H3,(H2,19,20,24). The molecule has 0 fully saturated rings. The summed E-state index contributed by atoms with van der Waals surface area (Å²) in [6, 6.07) is 11.4. The first-order valence-corrected chi connectivity index (χ1v) is 8.07. The molecule has 0 radical (unpaired) electrons. The number of amides is 2. The maximum absolute atomic E-state index is 12.1. The molecule has 1 aromatic heterocycles. The van der Waals surface area contributed by atoms with Crippen LogP contribution < -0.4 is 10.6 Å². The molecule has 6 heteroatoms. The van der Waals surface area contributed by atoms with Crippen LogP contribution in [0.2, 0.25) is 0 Å². The van der Waals surface area contributed by atoms with Crippen LogP contribution in [-0.2, 0) is 6.54 Å². The van der Waals surface area contributed by atoms with E-state index < -0.39 is 6.10 Å². The van der Waals surface area contributed by atoms with Gasteiger partial charge >= 0.3 is 6.03 Å². The Morgan fingerprint density at radius 3 is 2.58 bits per heavy atom. The second kappa shape index (κ2) is 7.49. The number of nitrogens with one attached hydrogen (secondary N) is 2. The number of carbonyl (C=O) groups is 1. The van der Waals surface area contributed by atoms with Crippen LogP contribution in [0.5, 0.6) is 0 Å². The SMILES string of the molecule is Cc1cc(NC(=O)NCC(O)C(C)(C)C)n(Cc2ccccc2)n1. The highest BCUT2D eigenvalue weighted by atomic mass is 16.3. The van der Waals surface area contributed by atoms with E-state index in [4.69, 9.17) is 0 Å². The molecule has 2 amide bonds. The fourth-order valence-corrected chi connectivity index (χ4v) is 2.18. The Morgan fingerprint density at radius 1 is 1.29 bits per heavy atom. The van der Waals surface area contributed by atoms with Crippen molar-refractivity contribution in [1.29, 1.82) is 0 Å². The van der Waals surface area contributed by atoms with Gasteiger partial charge in [0.15, 0.2) is 0 Å². The quantitative estimate of drug-likeness (QED) is 0.789. The minimum Gasteiger partial charge on any atom is -0.391 e. The van der Waals surface area contributed by atoms with Gasteiger partial charge in [-0.1, -0.05) is 51.1 Å². The van der Waals surface area contributed by atoms with Crippen LogP contribution in [0.25, 0.3) is 0 Å². The Morgan fingerprint density at radius 2 is 1.96 bits per heavy atom. The molecular formula is C18H26N4O2. The van der Waals surface area contributed by atoms with Gasteiger partial charge in [-0.2, -0.15) is 5.10 Å². The first-order valence-electron chi connectivity index (χ1n) is 8.07.